The molecule has 16 heteroatoms. The lowest BCUT2D eigenvalue weighted by Gasteiger charge is -2.26. The Morgan fingerprint density at radius 3 is 1.00 bits per heavy atom. The van der Waals surface area contributed by atoms with E-state index in [1.165, 1.54) is 0 Å². The molecule has 0 spiro atoms. The van der Waals surface area contributed by atoms with Gasteiger partial charge >= 0.3 is 0 Å². The first-order chi connectivity index (χ1) is 32.9. The number of nitrogens with zero attached hydrogens (tertiary/aromatic N) is 2. The lowest BCUT2D eigenvalue weighted by atomic mass is 10.1. The van der Waals surface area contributed by atoms with Crippen molar-refractivity contribution in [2.45, 2.75) is 25.3 Å². The SMILES string of the molecule is CC1(NOCOc2ccc(N(c3ccc(Nc4ccc(Nc5ccc(N(c6ccc(OCON)cc6)c6ccc(OCOCN)cc6)cc5)cc4)cc3)c3ccc(OCON)cc3)cc2)CC1. The zero-order valence-electron chi connectivity index (χ0n) is 37.0. The zero-order chi connectivity index (χ0) is 46.3. The van der Waals surface area contributed by atoms with Crippen molar-refractivity contribution >= 4 is 56.9 Å². The van der Waals surface area contributed by atoms with E-state index in [2.05, 4.69) is 78.9 Å². The van der Waals surface area contributed by atoms with E-state index in [-0.39, 0.29) is 39.4 Å². The van der Waals surface area contributed by atoms with Gasteiger partial charge in [-0.15, -0.1) is 0 Å². The topological polar surface area (TPSA) is 194 Å². The Morgan fingerprint density at radius 1 is 0.418 bits per heavy atom. The van der Waals surface area contributed by atoms with Crippen molar-refractivity contribution in [2.75, 3.05) is 54.3 Å². The van der Waals surface area contributed by atoms with Gasteiger partial charge in [-0.05, 0) is 190 Å². The number of ether oxygens (including phenoxy) is 5. The normalized spacial score (nSPS) is 12.5. The van der Waals surface area contributed by atoms with E-state index < -0.39 is 0 Å². The summed E-state index contributed by atoms with van der Waals surface area (Å²) in [5, 5.41) is 7.05. The minimum absolute atomic E-state index is 0.0478. The number of nitrogens with two attached hydrogens (primary N) is 3. The fourth-order valence-electron chi connectivity index (χ4n) is 6.97. The molecule has 7 aromatic rings. The van der Waals surface area contributed by atoms with Crippen LogP contribution < -0.4 is 62.4 Å². The molecule has 0 heterocycles. The summed E-state index contributed by atoms with van der Waals surface area (Å²) in [6, 6.07) is 55.6. The monoisotopic (exact) mass is 906 g/mol. The Labute approximate surface area is 389 Å². The zero-order valence-corrected chi connectivity index (χ0v) is 37.0. The summed E-state index contributed by atoms with van der Waals surface area (Å²) in [6.45, 7) is 2.29. The second kappa shape index (κ2) is 22.7. The van der Waals surface area contributed by atoms with Crippen LogP contribution in [0.5, 0.6) is 23.0 Å². The first-order valence-electron chi connectivity index (χ1n) is 21.5. The Bertz CT molecular complexity index is 2570. The molecule has 8 rings (SSSR count). The van der Waals surface area contributed by atoms with Crippen molar-refractivity contribution in [3.05, 3.63) is 170 Å². The van der Waals surface area contributed by atoms with E-state index in [1.807, 2.05) is 133 Å². The summed E-state index contributed by atoms with van der Waals surface area (Å²) in [4.78, 5) is 19.0. The van der Waals surface area contributed by atoms with E-state index in [0.717, 1.165) is 69.7 Å². The summed E-state index contributed by atoms with van der Waals surface area (Å²) in [5.41, 5.74) is 17.9. The van der Waals surface area contributed by atoms with Gasteiger partial charge in [0.25, 0.3) is 0 Å². The van der Waals surface area contributed by atoms with Gasteiger partial charge in [-0.25, -0.2) is 11.8 Å². The van der Waals surface area contributed by atoms with E-state index in [1.54, 1.807) is 0 Å². The first kappa shape index (κ1) is 46.2. The number of nitrogens with one attached hydrogen (secondary N) is 3. The maximum absolute atomic E-state index is 5.83. The van der Waals surface area contributed by atoms with Gasteiger partial charge in [-0.2, -0.15) is 5.48 Å². The van der Waals surface area contributed by atoms with Crippen LogP contribution in [0.4, 0.5) is 56.9 Å². The predicted octanol–water partition coefficient (Wildman–Crippen LogP) is 10.2. The number of hydroxylamine groups is 1. The van der Waals surface area contributed by atoms with Crippen LogP contribution in [0, 0.1) is 0 Å². The van der Waals surface area contributed by atoms with Crippen LogP contribution in [0.3, 0.4) is 0 Å². The molecule has 9 N–H and O–H groups in total. The third-order valence-corrected chi connectivity index (χ3v) is 10.7. The summed E-state index contributed by atoms with van der Waals surface area (Å²) in [7, 11) is 0. The maximum Gasteiger partial charge on any atom is 0.207 e. The average molecular weight is 907 g/mol. The number of benzene rings is 7. The molecule has 0 aromatic heterocycles. The van der Waals surface area contributed by atoms with Crippen LogP contribution in [0.2, 0.25) is 0 Å². The Kier molecular flexibility index (Phi) is 15.6. The fourth-order valence-corrected chi connectivity index (χ4v) is 6.97. The van der Waals surface area contributed by atoms with Crippen LogP contribution in [0.1, 0.15) is 19.8 Å². The van der Waals surface area contributed by atoms with Crippen LogP contribution in [0.25, 0.3) is 0 Å². The molecule has 0 aliphatic heterocycles. The molecule has 0 radical (unpaired) electrons. The Hall–Kier alpha value is -7.38. The summed E-state index contributed by atoms with van der Waals surface area (Å²) < 4.78 is 27.6. The molecule has 1 saturated carbocycles. The van der Waals surface area contributed by atoms with Crippen molar-refractivity contribution < 1.29 is 38.2 Å². The van der Waals surface area contributed by atoms with Gasteiger partial charge in [-0.1, -0.05) is 0 Å². The highest BCUT2D eigenvalue weighted by Crippen LogP contribution is 2.39. The van der Waals surface area contributed by atoms with E-state index in [4.69, 9.17) is 46.0 Å². The highest BCUT2D eigenvalue weighted by Gasteiger charge is 2.37. The largest absolute Gasteiger partial charge is 0.468 e. The molecule has 1 fully saturated rings. The van der Waals surface area contributed by atoms with Crippen LogP contribution in [-0.4, -0.2) is 39.4 Å². The number of anilines is 10. The van der Waals surface area contributed by atoms with Gasteiger partial charge < -0.3 is 49.9 Å². The summed E-state index contributed by atoms with van der Waals surface area (Å²) in [5.74, 6) is 12.9. The number of rotatable bonds is 25. The van der Waals surface area contributed by atoms with Gasteiger partial charge in [0.05, 0.1) is 6.73 Å². The minimum Gasteiger partial charge on any atom is -0.468 e. The molecule has 0 saturated heterocycles. The van der Waals surface area contributed by atoms with Gasteiger partial charge in [0.15, 0.2) is 6.79 Å². The van der Waals surface area contributed by atoms with E-state index in [0.29, 0.717) is 23.0 Å². The predicted molar refractivity (Wildman–Crippen MR) is 260 cm³/mol. The van der Waals surface area contributed by atoms with E-state index in [9.17, 15) is 0 Å². The highest BCUT2D eigenvalue weighted by atomic mass is 16.8. The van der Waals surface area contributed by atoms with Crippen molar-refractivity contribution in [2.24, 2.45) is 17.5 Å². The van der Waals surface area contributed by atoms with Gasteiger partial charge in [0.2, 0.25) is 20.4 Å². The molecule has 16 nitrogen and oxygen atoms in total. The second-order valence-electron chi connectivity index (χ2n) is 15.6. The van der Waals surface area contributed by atoms with Crippen molar-refractivity contribution in [3.8, 4) is 23.0 Å². The summed E-state index contributed by atoms with van der Waals surface area (Å²) in [6.07, 6.45) is 2.19. The number of hydrogen-bond acceptors (Lipinski definition) is 16. The van der Waals surface area contributed by atoms with E-state index >= 15 is 0 Å². The standard InChI is InChI=1S/C51H54N8O8/c1-51(30-31-51)57-67-36-64-50-28-20-46(21-29-50)59(45-18-26-49(27-19-45)63-35-66-54)42-12-8-40(9-13-42)56-38-4-2-37(3-5-38)55-39-6-10-41(11-7-39)58(44-16-24-48(25-17-44)62-34-65-53)43-14-22-47(23-15-43)61-33-60-32-52/h2-29,55-57H,30-36,52-54H2,1H3. The third kappa shape index (κ3) is 12.9. The molecule has 67 heavy (non-hydrogen) atoms. The van der Waals surface area contributed by atoms with Gasteiger partial charge in [-0.3, -0.25) is 14.5 Å². The fraction of sp³-hybridized carbons (Fsp3) is 0.176. The van der Waals surface area contributed by atoms with Crippen molar-refractivity contribution in [1.29, 1.82) is 0 Å². The molecule has 0 unspecified atom stereocenters. The van der Waals surface area contributed by atoms with Gasteiger partial charge in [0.1, 0.15) is 23.0 Å². The lowest BCUT2D eigenvalue weighted by molar-refractivity contribution is -0.0651. The third-order valence-electron chi connectivity index (χ3n) is 10.7. The van der Waals surface area contributed by atoms with Crippen LogP contribution in [-0.2, 0) is 19.2 Å². The molecule has 1 aliphatic rings. The molecule has 346 valence electrons. The Balaban J connectivity index is 0.921. The molecular formula is C51H54N8O8. The molecule has 7 aromatic carbocycles. The second-order valence-corrected chi connectivity index (χ2v) is 15.6. The van der Waals surface area contributed by atoms with Gasteiger partial charge in [0, 0.05) is 62.4 Å². The van der Waals surface area contributed by atoms with Crippen molar-refractivity contribution in [3.63, 3.8) is 0 Å². The minimum atomic E-state index is -0.0511. The highest BCUT2D eigenvalue weighted by molar-refractivity contribution is 5.80. The van der Waals surface area contributed by atoms with Crippen molar-refractivity contribution in [1.82, 2.24) is 5.48 Å². The maximum atomic E-state index is 5.83. The molecule has 1 aliphatic carbocycles. The van der Waals surface area contributed by atoms with Crippen LogP contribution in [0.15, 0.2) is 170 Å². The first-order valence-corrected chi connectivity index (χ1v) is 21.5. The Morgan fingerprint density at radius 2 is 0.701 bits per heavy atom. The smallest absolute Gasteiger partial charge is 0.207 e. The molecule has 0 amide bonds. The molecular weight excluding hydrogens is 853 g/mol. The molecule has 0 atom stereocenters. The summed E-state index contributed by atoms with van der Waals surface area (Å²) >= 11 is 0. The average Bonchev–Trinajstić information content (AvgIpc) is 4.11. The lowest BCUT2D eigenvalue weighted by Crippen LogP contribution is -2.29. The van der Waals surface area contributed by atoms with Crippen LogP contribution >= 0.6 is 0 Å². The quantitative estimate of drug-likeness (QED) is 0.0180. The molecule has 0 bridgehead atoms. The number of hydrogen-bond donors (Lipinski definition) is 6.